The van der Waals surface area contributed by atoms with Crippen LogP contribution in [0.5, 0.6) is 0 Å². The van der Waals surface area contributed by atoms with Gasteiger partial charge in [0.05, 0.1) is 22.8 Å². The molecule has 0 bridgehead atoms. The normalized spacial score (nSPS) is 11.3. The number of hydrogen-bond donors (Lipinski definition) is 0. The molecule has 0 N–H and O–H groups in total. The Morgan fingerprint density at radius 1 is 1.42 bits per heavy atom. The predicted molar refractivity (Wildman–Crippen MR) is 80.8 cm³/mol. The Kier molecular flexibility index (Phi) is 4.21. The average Bonchev–Trinajstić information content (AvgIpc) is 2.64. The van der Waals surface area contributed by atoms with Gasteiger partial charge in [0.15, 0.2) is 0 Å². The van der Waals surface area contributed by atoms with Gasteiger partial charge in [0.1, 0.15) is 0 Å². The molecule has 0 aliphatic rings. The number of ether oxygens (including phenoxy) is 1. The van der Waals surface area contributed by atoms with Crippen LogP contribution in [0.2, 0.25) is 5.02 Å². The molecule has 1 heterocycles. The van der Waals surface area contributed by atoms with Gasteiger partial charge >= 0.3 is 5.97 Å². The highest BCUT2D eigenvalue weighted by molar-refractivity contribution is 9.10. The van der Waals surface area contributed by atoms with E-state index in [1.165, 1.54) is 7.11 Å². The van der Waals surface area contributed by atoms with Crippen molar-refractivity contribution in [3.63, 3.8) is 0 Å². The van der Waals surface area contributed by atoms with E-state index in [0.717, 1.165) is 22.1 Å². The van der Waals surface area contributed by atoms with Gasteiger partial charge in [0.2, 0.25) is 0 Å². The first-order chi connectivity index (χ1) is 8.93. The highest BCUT2D eigenvalue weighted by Crippen LogP contribution is 2.31. The number of benzene rings is 1. The van der Waals surface area contributed by atoms with Gasteiger partial charge < -0.3 is 9.30 Å². The maximum absolute atomic E-state index is 11.8. The number of fused-ring (bicyclic) bond motifs is 1. The van der Waals surface area contributed by atoms with Crippen molar-refractivity contribution in [2.24, 2.45) is 5.92 Å². The summed E-state index contributed by atoms with van der Waals surface area (Å²) in [5, 5.41) is 1.38. The maximum atomic E-state index is 11.8. The third-order valence-corrected chi connectivity index (χ3v) is 3.76. The molecule has 0 fully saturated rings. The lowest BCUT2D eigenvalue weighted by molar-refractivity contribution is 0.0603. The minimum Gasteiger partial charge on any atom is -0.465 e. The van der Waals surface area contributed by atoms with E-state index in [2.05, 4.69) is 34.3 Å². The van der Waals surface area contributed by atoms with E-state index < -0.39 is 0 Å². The lowest BCUT2D eigenvalue weighted by atomic mass is 10.1. The first kappa shape index (κ1) is 14.4. The van der Waals surface area contributed by atoms with Gasteiger partial charge in [-0.05, 0) is 40.0 Å². The molecule has 2 aromatic rings. The SMILES string of the molecule is COC(=O)c1cc(Cl)cc2c1cc(Br)n2CC(C)C. The summed E-state index contributed by atoms with van der Waals surface area (Å²) >= 11 is 9.64. The molecule has 102 valence electrons. The molecule has 0 amide bonds. The van der Waals surface area contributed by atoms with Crippen LogP contribution in [-0.4, -0.2) is 17.6 Å². The van der Waals surface area contributed by atoms with Crippen molar-refractivity contribution in [3.8, 4) is 0 Å². The largest absolute Gasteiger partial charge is 0.465 e. The molecule has 2 rings (SSSR count). The minimum absolute atomic E-state index is 0.373. The van der Waals surface area contributed by atoms with Gasteiger partial charge in [0.25, 0.3) is 0 Å². The molecule has 0 radical (unpaired) electrons. The van der Waals surface area contributed by atoms with Crippen LogP contribution in [0.15, 0.2) is 22.8 Å². The van der Waals surface area contributed by atoms with Crippen molar-refractivity contribution >= 4 is 44.4 Å². The van der Waals surface area contributed by atoms with Crippen molar-refractivity contribution in [2.75, 3.05) is 7.11 Å². The van der Waals surface area contributed by atoms with Crippen molar-refractivity contribution in [1.29, 1.82) is 0 Å². The van der Waals surface area contributed by atoms with Gasteiger partial charge in [-0.3, -0.25) is 0 Å². The van der Waals surface area contributed by atoms with Crippen LogP contribution in [-0.2, 0) is 11.3 Å². The number of halogens is 2. The van der Waals surface area contributed by atoms with Gasteiger partial charge in [-0.15, -0.1) is 0 Å². The molecule has 0 saturated carbocycles. The highest BCUT2D eigenvalue weighted by atomic mass is 79.9. The van der Waals surface area contributed by atoms with Crippen LogP contribution in [0.3, 0.4) is 0 Å². The molecule has 0 spiro atoms. The van der Waals surface area contributed by atoms with Gasteiger partial charge in [-0.2, -0.15) is 0 Å². The molecule has 0 aliphatic carbocycles. The molecule has 5 heteroatoms. The fraction of sp³-hybridized carbons (Fsp3) is 0.357. The van der Waals surface area contributed by atoms with Crippen LogP contribution >= 0.6 is 27.5 Å². The van der Waals surface area contributed by atoms with Crippen molar-refractivity contribution in [3.05, 3.63) is 33.4 Å². The maximum Gasteiger partial charge on any atom is 0.338 e. The summed E-state index contributed by atoms with van der Waals surface area (Å²) in [5.41, 5.74) is 1.43. The van der Waals surface area contributed by atoms with Crippen molar-refractivity contribution < 1.29 is 9.53 Å². The third kappa shape index (κ3) is 2.79. The van der Waals surface area contributed by atoms with E-state index in [9.17, 15) is 4.79 Å². The summed E-state index contributed by atoms with van der Waals surface area (Å²) < 4.78 is 7.85. The first-order valence-electron chi connectivity index (χ1n) is 6.00. The molecule has 0 unspecified atom stereocenters. The number of aromatic nitrogens is 1. The predicted octanol–water partition coefficient (Wildman–Crippen LogP) is 4.50. The first-order valence-corrected chi connectivity index (χ1v) is 7.17. The summed E-state index contributed by atoms with van der Waals surface area (Å²) in [6.07, 6.45) is 0. The Labute approximate surface area is 125 Å². The van der Waals surface area contributed by atoms with Crippen LogP contribution in [0.1, 0.15) is 24.2 Å². The lowest BCUT2D eigenvalue weighted by Crippen LogP contribution is -2.05. The van der Waals surface area contributed by atoms with Crippen LogP contribution in [0.25, 0.3) is 10.9 Å². The molecule has 1 aromatic heterocycles. The summed E-state index contributed by atoms with van der Waals surface area (Å²) in [7, 11) is 1.37. The molecule has 19 heavy (non-hydrogen) atoms. The number of rotatable bonds is 3. The van der Waals surface area contributed by atoms with Crippen LogP contribution < -0.4 is 0 Å². The number of carbonyl (C=O) groups excluding carboxylic acids is 1. The molecule has 1 aromatic carbocycles. The summed E-state index contributed by atoms with van der Waals surface area (Å²) in [5.74, 6) is 0.120. The monoisotopic (exact) mass is 343 g/mol. The van der Waals surface area contributed by atoms with Crippen LogP contribution in [0.4, 0.5) is 0 Å². The Morgan fingerprint density at radius 2 is 2.11 bits per heavy atom. The quantitative estimate of drug-likeness (QED) is 0.768. The second kappa shape index (κ2) is 5.55. The zero-order chi connectivity index (χ0) is 14.2. The molecule has 0 aliphatic heterocycles. The van der Waals surface area contributed by atoms with E-state index in [1.807, 2.05) is 12.1 Å². The Hall–Kier alpha value is -1.000. The molecule has 3 nitrogen and oxygen atoms in total. The summed E-state index contributed by atoms with van der Waals surface area (Å²) in [6, 6.07) is 5.44. The van der Waals surface area contributed by atoms with E-state index >= 15 is 0 Å². The van der Waals surface area contributed by atoms with Gasteiger partial charge in [0, 0.05) is 17.0 Å². The molecular weight excluding hydrogens is 330 g/mol. The fourth-order valence-electron chi connectivity index (χ4n) is 2.12. The zero-order valence-electron chi connectivity index (χ0n) is 11.0. The second-order valence-electron chi connectivity index (χ2n) is 4.85. The lowest BCUT2D eigenvalue weighted by Gasteiger charge is -2.11. The van der Waals surface area contributed by atoms with E-state index in [4.69, 9.17) is 16.3 Å². The molecule has 0 saturated heterocycles. The fourth-order valence-corrected chi connectivity index (χ4v) is 2.90. The van der Waals surface area contributed by atoms with Crippen molar-refractivity contribution in [1.82, 2.24) is 4.57 Å². The van der Waals surface area contributed by atoms with E-state index in [0.29, 0.717) is 16.5 Å². The van der Waals surface area contributed by atoms with Gasteiger partial charge in [-0.25, -0.2) is 4.79 Å². The smallest absolute Gasteiger partial charge is 0.338 e. The number of esters is 1. The van der Waals surface area contributed by atoms with Crippen molar-refractivity contribution in [2.45, 2.75) is 20.4 Å². The highest BCUT2D eigenvalue weighted by Gasteiger charge is 2.17. The van der Waals surface area contributed by atoms with Crippen LogP contribution in [0, 0.1) is 5.92 Å². The van der Waals surface area contributed by atoms with E-state index in [-0.39, 0.29) is 5.97 Å². The molecule has 0 atom stereocenters. The average molecular weight is 345 g/mol. The second-order valence-corrected chi connectivity index (χ2v) is 6.10. The Morgan fingerprint density at radius 3 is 2.68 bits per heavy atom. The number of nitrogens with zero attached hydrogens (tertiary/aromatic N) is 1. The number of hydrogen-bond acceptors (Lipinski definition) is 2. The zero-order valence-corrected chi connectivity index (χ0v) is 13.4. The Bertz CT molecular complexity index is 634. The van der Waals surface area contributed by atoms with E-state index in [1.54, 1.807) is 6.07 Å². The topological polar surface area (TPSA) is 31.2 Å². The number of carbonyl (C=O) groups is 1. The third-order valence-electron chi connectivity index (χ3n) is 2.89. The number of methoxy groups -OCH3 is 1. The minimum atomic E-state index is -0.373. The Balaban J connectivity index is 2.71. The van der Waals surface area contributed by atoms with Gasteiger partial charge in [-0.1, -0.05) is 25.4 Å². The summed E-state index contributed by atoms with van der Waals surface area (Å²) in [4.78, 5) is 11.8. The molecular formula is C14H15BrClNO2. The standard InChI is InChI=1S/C14H15BrClNO2/c1-8(2)7-17-12-5-9(16)4-11(14(18)19-3)10(12)6-13(17)15/h4-6,8H,7H2,1-3H3. The summed E-state index contributed by atoms with van der Waals surface area (Å²) in [6.45, 7) is 5.14.